The summed E-state index contributed by atoms with van der Waals surface area (Å²) < 4.78 is 235. The average Bonchev–Trinajstić information content (AvgIpc) is 2.51. The molecule has 0 radical (unpaired) electrons. The maximum absolute atomic E-state index is 13.1. The summed E-state index contributed by atoms with van der Waals surface area (Å²) in [4.78, 5) is 0. The van der Waals surface area contributed by atoms with E-state index < -0.39 is 63.8 Å². The number of hydrogen-bond donors (Lipinski definition) is 0. The van der Waals surface area contributed by atoms with Gasteiger partial charge in [-0.2, -0.15) is 52.7 Å². The number of hydrogen-bond acceptors (Lipinski definition) is 3. The van der Waals surface area contributed by atoms with E-state index in [-0.39, 0.29) is 29.6 Å². The van der Waals surface area contributed by atoms with Crippen molar-refractivity contribution in [1.82, 2.24) is 0 Å². The second-order valence-electron chi connectivity index (χ2n) is 5.09. The Balaban J connectivity index is 0. The molecule has 176 valence electrons. The van der Waals surface area contributed by atoms with Crippen LogP contribution in [0.4, 0.5) is 70.2 Å². The molecule has 0 bridgehead atoms. The predicted octanol–water partition coefficient (Wildman–Crippen LogP) is 1.25. The van der Waals surface area contributed by atoms with Gasteiger partial charge in [-0.1, -0.05) is 0 Å². The number of halogens is 16. The quantitative estimate of drug-likeness (QED) is 0.263. The Morgan fingerprint density at radius 3 is 1.07 bits per heavy atom. The van der Waals surface area contributed by atoms with Crippen molar-refractivity contribution in [2.45, 2.75) is 53.6 Å². The molecule has 0 saturated heterocycles. The molecule has 30 heavy (non-hydrogen) atoms. The molecule has 3 nitrogen and oxygen atoms in total. The fourth-order valence-electron chi connectivity index (χ4n) is 1.47. The Labute approximate surface area is 176 Å². The third-order valence-corrected chi connectivity index (χ3v) is 3.93. The second kappa shape index (κ2) is 8.62. The van der Waals surface area contributed by atoms with Gasteiger partial charge in [0.1, 0.15) is 10.1 Å². The fraction of sp³-hybridized carbons (Fsp3) is 1.00. The molecule has 2 unspecified atom stereocenters. The molecule has 0 spiro atoms. The van der Waals surface area contributed by atoms with Crippen LogP contribution in [0.25, 0.3) is 0 Å². The summed E-state index contributed by atoms with van der Waals surface area (Å²) in [6.07, 6.45) is -11.0. The van der Waals surface area contributed by atoms with Gasteiger partial charge in [-0.25, -0.2) is 26.0 Å². The molecule has 0 aromatic rings. The minimum atomic E-state index is -8.56. The Hall–Kier alpha value is -0.210. The average molecular weight is 518 g/mol. The summed E-state index contributed by atoms with van der Waals surface area (Å²) >= 11 is 0. The largest absolute Gasteiger partial charge is 1.00 e. The van der Waals surface area contributed by atoms with Gasteiger partial charge in [0.15, 0.2) is 0 Å². The van der Waals surface area contributed by atoms with Crippen LogP contribution in [0.5, 0.6) is 0 Å². The van der Waals surface area contributed by atoms with Crippen molar-refractivity contribution in [3.05, 3.63) is 0 Å². The Morgan fingerprint density at radius 2 is 0.833 bits per heavy atom. The number of rotatable bonds is 9. The fourth-order valence-corrected chi connectivity index (χ4v) is 1.98. The summed E-state index contributed by atoms with van der Waals surface area (Å²) in [5.74, 6) is -49.0. The van der Waals surface area contributed by atoms with E-state index in [1.165, 1.54) is 0 Å². The first-order valence-corrected chi connectivity index (χ1v) is 7.51. The Morgan fingerprint density at radius 1 is 0.567 bits per heavy atom. The zero-order valence-electron chi connectivity index (χ0n) is 13.4. The molecule has 21 heteroatoms. The van der Waals surface area contributed by atoms with Gasteiger partial charge in [0.2, 0.25) is 6.17 Å². The predicted molar refractivity (Wildman–Crippen MR) is 55.2 cm³/mol. The molecule has 0 N–H and O–H groups in total. The van der Waals surface area contributed by atoms with Gasteiger partial charge in [0.25, 0.3) is 11.9 Å². The van der Waals surface area contributed by atoms with Crippen LogP contribution < -0.4 is 29.6 Å². The molecule has 0 saturated carbocycles. The minimum absolute atomic E-state index is 0. The van der Waals surface area contributed by atoms with E-state index in [2.05, 4.69) is 0 Å². The second-order valence-corrected chi connectivity index (χ2v) is 6.49. The van der Waals surface area contributed by atoms with E-state index in [0.29, 0.717) is 0 Å². The first-order chi connectivity index (χ1) is 12.3. The molecule has 0 aromatic carbocycles. The van der Waals surface area contributed by atoms with Crippen molar-refractivity contribution in [2.24, 2.45) is 0 Å². The van der Waals surface area contributed by atoms with Crippen LogP contribution in [0.15, 0.2) is 0 Å². The molecule has 0 aliphatic carbocycles. The van der Waals surface area contributed by atoms with Crippen molar-refractivity contribution < 1.29 is 113 Å². The SMILES string of the molecule is O=S(=O)([O-])C(F)C(F)(F)C(F)(F)C(F)(F)C(F)(F)C(F)(F)C(F)(F)C(F)C(F)F.[Na+]. The molecule has 0 heterocycles. The van der Waals surface area contributed by atoms with E-state index in [1.54, 1.807) is 0 Å². The van der Waals surface area contributed by atoms with Gasteiger partial charge in [0.05, 0.1) is 0 Å². The van der Waals surface area contributed by atoms with Crippen molar-refractivity contribution in [3.63, 3.8) is 0 Å². The smallest absolute Gasteiger partial charge is 0.746 e. The first-order valence-electron chi connectivity index (χ1n) is 6.04. The van der Waals surface area contributed by atoms with Crippen LogP contribution in [0.1, 0.15) is 0 Å². The first kappa shape index (κ1) is 32.0. The summed E-state index contributed by atoms with van der Waals surface area (Å²) in [7, 11) is -7.36. The van der Waals surface area contributed by atoms with Crippen molar-refractivity contribution in [3.8, 4) is 0 Å². The van der Waals surface area contributed by atoms with Crippen molar-refractivity contribution in [1.29, 1.82) is 0 Å². The monoisotopic (exact) mass is 518 g/mol. The van der Waals surface area contributed by atoms with Crippen LogP contribution in [0.3, 0.4) is 0 Å². The molecule has 0 rings (SSSR count). The zero-order valence-corrected chi connectivity index (χ0v) is 16.2. The van der Waals surface area contributed by atoms with Crippen LogP contribution in [-0.2, 0) is 10.1 Å². The Kier molecular flexibility index (Phi) is 9.19. The van der Waals surface area contributed by atoms with Gasteiger partial charge >= 0.3 is 65.1 Å². The van der Waals surface area contributed by atoms with Crippen molar-refractivity contribution >= 4 is 10.1 Å². The topological polar surface area (TPSA) is 57.2 Å². The summed E-state index contributed by atoms with van der Waals surface area (Å²) in [5.41, 5.74) is -5.99. The molecule has 0 aromatic heterocycles. The minimum Gasteiger partial charge on any atom is -0.746 e. The molecule has 2 atom stereocenters. The summed E-state index contributed by atoms with van der Waals surface area (Å²) in [6.45, 7) is 0. The van der Waals surface area contributed by atoms with Gasteiger partial charge in [0, 0.05) is 0 Å². The van der Waals surface area contributed by atoms with Crippen molar-refractivity contribution in [2.75, 3.05) is 0 Å². The maximum atomic E-state index is 13.1. The normalized spacial score (nSPS) is 17.5. The maximum Gasteiger partial charge on any atom is 1.00 e. The third kappa shape index (κ3) is 4.47. The van der Waals surface area contributed by atoms with E-state index in [9.17, 15) is 83.2 Å². The third-order valence-electron chi connectivity index (χ3n) is 3.13. The van der Waals surface area contributed by atoms with Crippen LogP contribution >= 0.6 is 0 Å². The standard InChI is InChI=1S/C9H4F16O3S.Na/c10-1(2(11)12)4(14,15)6(18,19)8(22,23)9(24,25)7(20,21)5(16,17)3(13)29(26,27)28;/h1-3H,(H,26,27,28);/q;+1/p-1. The van der Waals surface area contributed by atoms with Gasteiger partial charge in [-0.3, -0.25) is 0 Å². The molecule has 0 amide bonds. The molecule has 0 aliphatic heterocycles. The van der Waals surface area contributed by atoms with Gasteiger partial charge in [-0.15, -0.1) is 0 Å². The molecule has 0 fully saturated rings. The van der Waals surface area contributed by atoms with Crippen LogP contribution in [0.2, 0.25) is 0 Å². The Bertz CT molecular complexity index is 707. The summed E-state index contributed by atoms with van der Waals surface area (Å²) in [6, 6.07) is 0. The van der Waals surface area contributed by atoms with Gasteiger partial charge in [-0.05, 0) is 0 Å². The molecular weight excluding hydrogens is 515 g/mol. The van der Waals surface area contributed by atoms with Gasteiger partial charge < -0.3 is 4.55 Å². The van der Waals surface area contributed by atoms with Crippen LogP contribution in [0, 0.1) is 0 Å². The zero-order chi connectivity index (χ0) is 24.2. The van der Waals surface area contributed by atoms with Crippen LogP contribution in [-0.4, -0.2) is 66.6 Å². The van der Waals surface area contributed by atoms with E-state index >= 15 is 0 Å². The van der Waals surface area contributed by atoms with E-state index in [4.69, 9.17) is 0 Å². The molecule has 0 aliphatic rings. The van der Waals surface area contributed by atoms with E-state index in [0.717, 1.165) is 0 Å². The molecular formula is C9H3F16NaO3S. The summed E-state index contributed by atoms with van der Waals surface area (Å²) in [5, 5.41) is 0. The number of alkyl halides is 16. The van der Waals surface area contributed by atoms with E-state index in [1.807, 2.05) is 0 Å².